The highest BCUT2D eigenvalue weighted by Gasteiger charge is 2.15. The molecule has 0 aliphatic carbocycles. The number of pyridine rings is 1. The largest absolute Gasteiger partial charge is 0.271 e. The Balaban J connectivity index is 2.09. The minimum Gasteiger partial charge on any atom is -0.271 e. The summed E-state index contributed by atoms with van der Waals surface area (Å²) in [5.74, 6) is 5.82. The van der Waals surface area contributed by atoms with Gasteiger partial charge in [0.1, 0.15) is 0 Å². The van der Waals surface area contributed by atoms with Gasteiger partial charge >= 0.3 is 0 Å². The number of nitrogens with one attached hydrogen (secondary N) is 1. The van der Waals surface area contributed by atoms with Crippen LogP contribution in [0, 0.1) is 0 Å². The van der Waals surface area contributed by atoms with Crippen LogP contribution in [0.1, 0.15) is 17.2 Å². The number of benzene rings is 2. The van der Waals surface area contributed by atoms with Gasteiger partial charge in [0.05, 0.1) is 11.6 Å². The zero-order valence-corrected chi connectivity index (χ0v) is 12.6. The molecule has 0 spiro atoms. The fraction of sp³-hybridized carbons (Fsp3) is 0.118. The van der Waals surface area contributed by atoms with Crippen LogP contribution in [0.3, 0.4) is 0 Å². The number of hydrazine groups is 1. The summed E-state index contributed by atoms with van der Waals surface area (Å²) in [5.41, 5.74) is 6.20. The quantitative estimate of drug-likeness (QED) is 0.439. The first kappa shape index (κ1) is 14.1. The second-order valence-corrected chi connectivity index (χ2v) is 5.67. The molecule has 0 bridgehead atoms. The van der Waals surface area contributed by atoms with Gasteiger partial charge in [-0.1, -0.05) is 30.3 Å². The summed E-state index contributed by atoms with van der Waals surface area (Å²) in [4.78, 5) is 5.65. The van der Waals surface area contributed by atoms with Crippen LogP contribution in [-0.2, 0) is 0 Å². The van der Waals surface area contributed by atoms with Crippen molar-refractivity contribution in [1.82, 2.24) is 10.4 Å². The Labute approximate surface area is 128 Å². The fourth-order valence-electron chi connectivity index (χ4n) is 2.54. The molecule has 0 radical (unpaired) electrons. The first-order valence-electron chi connectivity index (χ1n) is 6.77. The highest BCUT2D eigenvalue weighted by atomic mass is 32.2. The molecule has 106 valence electrons. The molecular formula is C17H17N3S. The fourth-order valence-corrected chi connectivity index (χ4v) is 2.95. The monoisotopic (exact) mass is 295 g/mol. The van der Waals surface area contributed by atoms with Gasteiger partial charge < -0.3 is 0 Å². The van der Waals surface area contributed by atoms with Crippen molar-refractivity contribution >= 4 is 22.7 Å². The number of nitrogens with two attached hydrogens (primary N) is 1. The second kappa shape index (κ2) is 6.26. The number of fused-ring (bicyclic) bond motifs is 1. The van der Waals surface area contributed by atoms with Crippen molar-refractivity contribution in [2.45, 2.75) is 10.9 Å². The van der Waals surface area contributed by atoms with Crippen LogP contribution in [0.5, 0.6) is 0 Å². The summed E-state index contributed by atoms with van der Waals surface area (Å²) < 4.78 is 0. The van der Waals surface area contributed by atoms with Crippen molar-refractivity contribution in [2.24, 2.45) is 5.84 Å². The molecule has 0 saturated heterocycles. The number of aromatic nitrogens is 1. The molecule has 1 unspecified atom stereocenters. The van der Waals surface area contributed by atoms with Crippen LogP contribution in [0.15, 0.2) is 65.7 Å². The number of hydrogen-bond acceptors (Lipinski definition) is 4. The number of rotatable bonds is 4. The van der Waals surface area contributed by atoms with Crippen LogP contribution >= 0.6 is 11.8 Å². The van der Waals surface area contributed by atoms with Gasteiger partial charge in [-0.25, -0.2) is 5.43 Å². The van der Waals surface area contributed by atoms with Gasteiger partial charge in [-0.2, -0.15) is 0 Å². The van der Waals surface area contributed by atoms with Crippen LogP contribution in [0.2, 0.25) is 0 Å². The maximum Gasteiger partial charge on any atom is 0.0716 e. The highest BCUT2D eigenvalue weighted by Crippen LogP contribution is 2.28. The number of nitrogens with zero attached hydrogens (tertiary/aromatic N) is 1. The topological polar surface area (TPSA) is 50.9 Å². The smallest absolute Gasteiger partial charge is 0.0716 e. The average molecular weight is 295 g/mol. The van der Waals surface area contributed by atoms with Gasteiger partial charge in [0, 0.05) is 16.5 Å². The van der Waals surface area contributed by atoms with Crippen molar-refractivity contribution in [1.29, 1.82) is 0 Å². The van der Waals surface area contributed by atoms with Crippen molar-refractivity contribution in [3.8, 4) is 0 Å². The van der Waals surface area contributed by atoms with Crippen LogP contribution in [0.25, 0.3) is 10.9 Å². The second-order valence-electron chi connectivity index (χ2n) is 4.79. The predicted molar refractivity (Wildman–Crippen MR) is 89.1 cm³/mol. The van der Waals surface area contributed by atoms with Crippen LogP contribution in [-0.4, -0.2) is 11.2 Å². The minimum absolute atomic E-state index is 0.0474. The molecule has 1 atom stereocenters. The van der Waals surface area contributed by atoms with E-state index in [1.165, 1.54) is 4.90 Å². The van der Waals surface area contributed by atoms with E-state index >= 15 is 0 Å². The summed E-state index contributed by atoms with van der Waals surface area (Å²) in [5, 5.41) is 1.12. The maximum absolute atomic E-state index is 5.82. The molecule has 0 amide bonds. The Morgan fingerprint density at radius 2 is 1.86 bits per heavy atom. The van der Waals surface area contributed by atoms with Crippen molar-refractivity contribution in [3.05, 3.63) is 71.9 Å². The van der Waals surface area contributed by atoms with Crippen LogP contribution < -0.4 is 11.3 Å². The standard InChI is InChI=1S/C17H17N3S/c1-21-13-9-7-12(8-10-13)17(20-18)15-4-2-6-16-14(15)5-3-11-19-16/h2-11,17,20H,18H2,1H3. The molecular weight excluding hydrogens is 278 g/mol. The van der Waals surface area contributed by atoms with Crippen molar-refractivity contribution in [3.63, 3.8) is 0 Å². The molecule has 2 aromatic carbocycles. The summed E-state index contributed by atoms with van der Waals surface area (Å²) in [7, 11) is 0. The molecule has 1 aromatic heterocycles. The third kappa shape index (κ3) is 2.78. The van der Waals surface area contributed by atoms with E-state index in [0.717, 1.165) is 22.0 Å². The summed E-state index contributed by atoms with van der Waals surface area (Å²) in [6, 6.07) is 18.6. The highest BCUT2D eigenvalue weighted by molar-refractivity contribution is 7.98. The molecule has 0 fully saturated rings. The normalized spacial score (nSPS) is 12.5. The van der Waals surface area contributed by atoms with Crippen molar-refractivity contribution in [2.75, 3.05) is 6.26 Å². The lowest BCUT2D eigenvalue weighted by atomic mass is 9.96. The molecule has 0 saturated carbocycles. The number of hydrogen-bond donors (Lipinski definition) is 2. The Morgan fingerprint density at radius 1 is 1.05 bits per heavy atom. The Hall–Kier alpha value is -1.88. The zero-order valence-electron chi connectivity index (χ0n) is 11.8. The molecule has 3 aromatic rings. The van der Waals surface area contributed by atoms with Gasteiger partial charge in [-0.05, 0) is 41.6 Å². The van der Waals surface area contributed by atoms with Gasteiger partial charge in [-0.3, -0.25) is 10.8 Å². The molecule has 0 aliphatic rings. The Morgan fingerprint density at radius 3 is 2.57 bits per heavy atom. The van der Waals surface area contributed by atoms with Gasteiger partial charge in [0.2, 0.25) is 0 Å². The molecule has 3 N–H and O–H groups in total. The first-order valence-corrected chi connectivity index (χ1v) is 7.99. The first-order chi connectivity index (χ1) is 10.3. The third-order valence-corrected chi connectivity index (χ3v) is 4.35. The van der Waals surface area contributed by atoms with Gasteiger partial charge in [0.25, 0.3) is 0 Å². The molecule has 3 nitrogen and oxygen atoms in total. The molecule has 4 heteroatoms. The van der Waals surface area contributed by atoms with Crippen molar-refractivity contribution < 1.29 is 0 Å². The van der Waals surface area contributed by atoms with Crippen LogP contribution in [0.4, 0.5) is 0 Å². The lowest BCUT2D eigenvalue weighted by molar-refractivity contribution is 0.640. The van der Waals surface area contributed by atoms with E-state index in [1.54, 1.807) is 11.8 Å². The lowest BCUT2D eigenvalue weighted by Crippen LogP contribution is -2.29. The molecule has 21 heavy (non-hydrogen) atoms. The maximum atomic E-state index is 5.82. The van der Waals surface area contributed by atoms with E-state index in [1.807, 2.05) is 24.4 Å². The van der Waals surface area contributed by atoms with E-state index in [2.05, 4.69) is 53.1 Å². The number of thioether (sulfide) groups is 1. The zero-order chi connectivity index (χ0) is 14.7. The molecule has 0 aliphatic heterocycles. The molecule has 3 rings (SSSR count). The Bertz CT molecular complexity index is 735. The van der Waals surface area contributed by atoms with E-state index < -0.39 is 0 Å². The summed E-state index contributed by atoms with van der Waals surface area (Å²) in [6.45, 7) is 0. The van der Waals surface area contributed by atoms with E-state index in [-0.39, 0.29) is 6.04 Å². The SMILES string of the molecule is CSc1ccc(C(NN)c2cccc3ncccc23)cc1. The predicted octanol–water partition coefficient (Wildman–Crippen LogP) is 3.51. The van der Waals surface area contributed by atoms with E-state index in [0.29, 0.717) is 0 Å². The third-order valence-electron chi connectivity index (χ3n) is 3.61. The summed E-state index contributed by atoms with van der Waals surface area (Å²) in [6.07, 6.45) is 3.88. The van der Waals surface area contributed by atoms with Gasteiger partial charge in [-0.15, -0.1) is 11.8 Å². The van der Waals surface area contributed by atoms with Gasteiger partial charge in [0.15, 0.2) is 0 Å². The minimum atomic E-state index is -0.0474. The summed E-state index contributed by atoms with van der Waals surface area (Å²) >= 11 is 1.73. The molecule has 1 heterocycles. The average Bonchev–Trinajstić information content (AvgIpc) is 2.56. The van der Waals surface area contributed by atoms with E-state index in [9.17, 15) is 0 Å². The lowest BCUT2D eigenvalue weighted by Gasteiger charge is -2.19. The Kier molecular flexibility index (Phi) is 4.20. The van der Waals surface area contributed by atoms with E-state index in [4.69, 9.17) is 5.84 Å².